The SMILES string of the molecule is Cc1ccccc1NC1CC(C(=O)O)C1. The van der Waals surface area contributed by atoms with E-state index in [2.05, 4.69) is 18.3 Å². The van der Waals surface area contributed by atoms with Crippen LogP contribution in [0.4, 0.5) is 5.69 Å². The Balaban J connectivity index is 1.90. The molecule has 15 heavy (non-hydrogen) atoms. The van der Waals surface area contributed by atoms with Crippen LogP contribution < -0.4 is 5.32 Å². The van der Waals surface area contributed by atoms with E-state index < -0.39 is 5.97 Å². The van der Waals surface area contributed by atoms with Gasteiger partial charge in [-0.25, -0.2) is 0 Å². The second-order valence-electron chi connectivity index (χ2n) is 4.16. The van der Waals surface area contributed by atoms with Crippen LogP contribution in [0.25, 0.3) is 0 Å². The predicted octanol–water partition coefficient (Wildman–Crippen LogP) is 2.27. The van der Waals surface area contributed by atoms with E-state index in [0.29, 0.717) is 6.04 Å². The Morgan fingerprint density at radius 2 is 2.07 bits per heavy atom. The van der Waals surface area contributed by atoms with Gasteiger partial charge in [-0.3, -0.25) is 4.79 Å². The van der Waals surface area contributed by atoms with Crippen molar-refractivity contribution in [1.29, 1.82) is 0 Å². The predicted molar refractivity (Wildman–Crippen MR) is 58.9 cm³/mol. The van der Waals surface area contributed by atoms with E-state index in [9.17, 15) is 4.79 Å². The lowest BCUT2D eigenvalue weighted by Crippen LogP contribution is -2.39. The summed E-state index contributed by atoms with van der Waals surface area (Å²) >= 11 is 0. The highest BCUT2D eigenvalue weighted by atomic mass is 16.4. The largest absolute Gasteiger partial charge is 0.481 e. The molecule has 3 heteroatoms. The van der Waals surface area contributed by atoms with Gasteiger partial charge in [-0.2, -0.15) is 0 Å². The number of nitrogens with one attached hydrogen (secondary N) is 1. The molecule has 0 atom stereocenters. The molecule has 1 aliphatic carbocycles. The first-order valence-electron chi connectivity index (χ1n) is 5.22. The zero-order valence-corrected chi connectivity index (χ0v) is 8.73. The van der Waals surface area contributed by atoms with Gasteiger partial charge in [0.1, 0.15) is 0 Å². The maximum atomic E-state index is 10.6. The molecule has 0 amide bonds. The minimum absolute atomic E-state index is 0.147. The summed E-state index contributed by atoms with van der Waals surface area (Å²) in [5, 5.41) is 12.1. The Kier molecular flexibility index (Phi) is 2.62. The fraction of sp³-hybridized carbons (Fsp3) is 0.417. The molecule has 1 aliphatic rings. The first-order valence-corrected chi connectivity index (χ1v) is 5.22. The Morgan fingerprint density at radius 1 is 1.40 bits per heavy atom. The molecular formula is C12H15NO2. The fourth-order valence-corrected chi connectivity index (χ4v) is 1.89. The number of anilines is 1. The second kappa shape index (κ2) is 3.93. The number of rotatable bonds is 3. The zero-order chi connectivity index (χ0) is 10.8. The van der Waals surface area contributed by atoms with Gasteiger partial charge in [-0.1, -0.05) is 18.2 Å². The first-order chi connectivity index (χ1) is 7.16. The van der Waals surface area contributed by atoms with Crippen molar-refractivity contribution in [1.82, 2.24) is 0 Å². The van der Waals surface area contributed by atoms with Crippen LogP contribution >= 0.6 is 0 Å². The fourth-order valence-electron chi connectivity index (χ4n) is 1.89. The molecule has 1 fully saturated rings. The summed E-state index contributed by atoms with van der Waals surface area (Å²) in [5.41, 5.74) is 2.32. The maximum Gasteiger partial charge on any atom is 0.306 e. The van der Waals surface area contributed by atoms with Gasteiger partial charge in [0.25, 0.3) is 0 Å². The van der Waals surface area contributed by atoms with Crippen molar-refractivity contribution in [2.24, 2.45) is 5.92 Å². The van der Waals surface area contributed by atoms with Gasteiger partial charge in [0.05, 0.1) is 5.92 Å². The highest BCUT2D eigenvalue weighted by Gasteiger charge is 2.34. The van der Waals surface area contributed by atoms with Gasteiger partial charge in [0, 0.05) is 11.7 Å². The molecule has 80 valence electrons. The van der Waals surface area contributed by atoms with E-state index in [1.165, 1.54) is 5.56 Å². The molecule has 0 saturated heterocycles. The third-order valence-corrected chi connectivity index (χ3v) is 2.99. The van der Waals surface area contributed by atoms with Gasteiger partial charge < -0.3 is 10.4 Å². The van der Waals surface area contributed by atoms with Crippen LogP contribution in [-0.2, 0) is 4.79 Å². The topological polar surface area (TPSA) is 49.3 Å². The van der Waals surface area contributed by atoms with E-state index in [4.69, 9.17) is 5.11 Å². The number of benzene rings is 1. The van der Waals surface area contributed by atoms with E-state index in [1.807, 2.05) is 18.2 Å². The Bertz CT molecular complexity index is 370. The summed E-state index contributed by atoms with van der Waals surface area (Å²) in [5.74, 6) is -0.815. The number of carboxylic acids is 1. The molecule has 1 saturated carbocycles. The van der Waals surface area contributed by atoms with Gasteiger partial charge in [-0.15, -0.1) is 0 Å². The van der Waals surface area contributed by atoms with Gasteiger partial charge in [0.15, 0.2) is 0 Å². The summed E-state index contributed by atoms with van der Waals surface area (Å²) in [6.07, 6.45) is 1.48. The van der Waals surface area contributed by atoms with Crippen molar-refractivity contribution in [2.75, 3.05) is 5.32 Å². The van der Waals surface area contributed by atoms with Crippen molar-refractivity contribution in [3.63, 3.8) is 0 Å². The van der Waals surface area contributed by atoms with Crippen LogP contribution in [0, 0.1) is 12.8 Å². The van der Waals surface area contributed by atoms with Gasteiger partial charge >= 0.3 is 5.97 Å². The summed E-state index contributed by atoms with van der Waals surface area (Å²) in [4.78, 5) is 10.6. The standard InChI is InChI=1S/C12H15NO2/c1-8-4-2-3-5-11(8)13-10-6-9(7-10)12(14)15/h2-5,9-10,13H,6-7H2,1H3,(H,14,15). The van der Waals surface area contributed by atoms with E-state index in [1.54, 1.807) is 0 Å². The third kappa shape index (κ3) is 2.12. The van der Waals surface area contributed by atoms with Gasteiger partial charge in [0.2, 0.25) is 0 Å². The lowest BCUT2D eigenvalue weighted by Gasteiger charge is -2.34. The molecule has 3 nitrogen and oxygen atoms in total. The lowest BCUT2D eigenvalue weighted by atomic mass is 9.80. The Morgan fingerprint density at radius 3 is 2.67 bits per heavy atom. The minimum Gasteiger partial charge on any atom is -0.481 e. The van der Waals surface area contributed by atoms with E-state index in [-0.39, 0.29) is 5.92 Å². The maximum absolute atomic E-state index is 10.6. The molecule has 0 aliphatic heterocycles. The summed E-state index contributed by atoms with van der Waals surface area (Å²) < 4.78 is 0. The molecule has 0 unspecified atom stereocenters. The highest BCUT2D eigenvalue weighted by Crippen LogP contribution is 2.30. The first kappa shape index (κ1) is 10.0. The highest BCUT2D eigenvalue weighted by molar-refractivity contribution is 5.71. The lowest BCUT2D eigenvalue weighted by molar-refractivity contribution is -0.144. The molecule has 0 aromatic heterocycles. The van der Waals surface area contributed by atoms with Crippen LogP contribution in [0.5, 0.6) is 0 Å². The van der Waals surface area contributed by atoms with Gasteiger partial charge in [-0.05, 0) is 31.4 Å². The van der Waals surface area contributed by atoms with Crippen molar-refractivity contribution >= 4 is 11.7 Å². The van der Waals surface area contributed by atoms with E-state index >= 15 is 0 Å². The Labute approximate surface area is 89.1 Å². The summed E-state index contributed by atoms with van der Waals surface area (Å²) in [6.45, 7) is 2.05. The van der Waals surface area contributed by atoms with Crippen LogP contribution in [0.1, 0.15) is 18.4 Å². The van der Waals surface area contributed by atoms with Crippen molar-refractivity contribution in [2.45, 2.75) is 25.8 Å². The number of carbonyl (C=O) groups is 1. The minimum atomic E-state index is -0.669. The summed E-state index contributed by atoms with van der Waals surface area (Å²) in [7, 11) is 0. The summed E-state index contributed by atoms with van der Waals surface area (Å²) in [6, 6.07) is 8.40. The number of aryl methyl sites for hydroxylation is 1. The zero-order valence-electron chi connectivity index (χ0n) is 8.73. The smallest absolute Gasteiger partial charge is 0.306 e. The molecular weight excluding hydrogens is 190 g/mol. The number of aliphatic carboxylic acids is 1. The molecule has 0 radical (unpaired) electrons. The van der Waals surface area contributed by atoms with Crippen molar-refractivity contribution in [3.05, 3.63) is 29.8 Å². The Hall–Kier alpha value is -1.51. The molecule has 1 aromatic rings. The van der Waals surface area contributed by atoms with E-state index in [0.717, 1.165) is 18.5 Å². The van der Waals surface area contributed by atoms with Crippen LogP contribution in [0.2, 0.25) is 0 Å². The van der Waals surface area contributed by atoms with Crippen molar-refractivity contribution < 1.29 is 9.90 Å². The third-order valence-electron chi connectivity index (χ3n) is 2.99. The molecule has 0 bridgehead atoms. The van der Waals surface area contributed by atoms with Crippen LogP contribution in [0.3, 0.4) is 0 Å². The van der Waals surface area contributed by atoms with Crippen molar-refractivity contribution in [3.8, 4) is 0 Å². The molecule has 0 spiro atoms. The average Bonchev–Trinajstić information content (AvgIpc) is 2.12. The average molecular weight is 205 g/mol. The molecule has 0 heterocycles. The number of para-hydroxylation sites is 1. The number of hydrogen-bond acceptors (Lipinski definition) is 2. The monoisotopic (exact) mass is 205 g/mol. The normalized spacial score (nSPS) is 24.3. The second-order valence-corrected chi connectivity index (χ2v) is 4.16. The quantitative estimate of drug-likeness (QED) is 0.795. The van der Waals surface area contributed by atoms with Crippen LogP contribution in [-0.4, -0.2) is 17.1 Å². The number of carboxylic acid groups (broad SMARTS) is 1. The molecule has 2 N–H and O–H groups in total. The van der Waals surface area contributed by atoms with Crippen LogP contribution in [0.15, 0.2) is 24.3 Å². The molecule has 1 aromatic carbocycles. The number of hydrogen-bond donors (Lipinski definition) is 2. The molecule has 2 rings (SSSR count).